The third kappa shape index (κ3) is 4.34. The van der Waals surface area contributed by atoms with E-state index in [2.05, 4.69) is 19.2 Å². The number of aromatic hydroxyl groups is 2. The second kappa shape index (κ2) is 6.13. The molecule has 0 fully saturated rings. The quantitative estimate of drug-likeness (QED) is 0.688. The molecule has 4 heteroatoms. The molecule has 0 spiro atoms. The summed E-state index contributed by atoms with van der Waals surface area (Å²) >= 11 is 0. The molecule has 1 amide bonds. The Hall–Kier alpha value is -1.71. The molecule has 0 bridgehead atoms. The van der Waals surface area contributed by atoms with Crippen LogP contribution >= 0.6 is 0 Å². The molecule has 0 saturated carbocycles. The lowest BCUT2D eigenvalue weighted by molar-refractivity contribution is 0.0950. The first-order valence-electron chi connectivity index (χ1n) is 5.81. The van der Waals surface area contributed by atoms with Crippen molar-refractivity contribution < 1.29 is 15.0 Å². The highest BCUT2D eigenvalue weighted by Gasteiger charge is 2.10. The number of hydrogen-bond acceptors (Lipinski definition) is 3. The van der Waals surface area contributed by atoms with Crippen LogP contribution in [0.25, 0.3) is 0 Å². The Kier molecular flexibility index (Phi) is 4.82. The fraction of sp³-hybridized carbons (Fsp3) is 0.462. The number of phenolic OH excluding ortho intramolecular Hbond substituents is 2. The third-order valence-corrected chi connectivity index (χ3v) is 2.47. The minimum absolute atomic E-state index is 0.0566. The number of carbonyl (C=O) groups excluding carboxylic acids is 1. The van der Waals surface area contributed by atoms with Gasteiger partial charge in [-0.1, -0.05) is 13.8 Å². The molecule has 1 aromatic rings. The maximum absolute atomic E-state index is 11.7. The summed E-state index contributed by atoms with van der Waals surface area (Å²) in [5.41, 5.74) is 0.187. The fourth-order valence-electron chi connectivity index (χ4n) is 1.52. The lowest BCUT2D eigenvalue weighted by Crippen LogP contribution is -2.24. The van der Waals surface area contributed by atoms with Crippen molar-refractivity contribution in [3.05, 3.63) is 23.8 Å². The van der Waals surface area contributed by atoms with Crippen LogP contribution in [0, 0.1) is 5.92 Å². The van der Waals surface area contributed by atoms with E-state index in [0.29, 0.717) is 12.5 Å². The zero-order chi connectivity index (χ0) is 12.8. The molecule has 0 aliphatic rings. The van der Waals surface area contributed by atoms with Gasteiger partial charge in [0.2, 0.25) is 0 Å². The fourth-order valence-corrected chi connectivity index (χ4v) is 1.52. The molecule has 94 valence electrons. The van der Waals surface area contributed by atoms with E-state index in [1.165, 1.54) is 12.1 Å². The average Bonchev–Trinajstić information content (AvgIpc) is 2.23. The molecule has 0 aliphatic heterocycles. The summed E-state index contributed by atoms with van der Waals surface area (Å²) in [6.45, 7) is 4.86. The van der Waals surface area contributed by atoms with Crippen LogP contribution in [0.2, 0.25) is 0 Å². The predicted molar refractivity (Wildman–Crippen MR) is 66.2 cm³/mol. The minimum Gasteiger partial charge on any atom is -0.508 e. The molecule has 0 atom stereocenters. The first-order valence-corrected chi connectivity index (χ1v) is 5.81. The molecule has 3 N–H and O–H groups in total. The van der Waals surface area contributed by atoms with E-state index in [-0.39, 0.29) is 23.0 Å². The van der Waals surface area contributed by atoms with Gasteiger partial charge in [-0.15, -0.1) is 0 Å². The van der Waals surface area contributed by atoms with E-state index in [0.717, 1.165) is 18.9 Å². The van der Waals surface area contributed by atoms with Gasteiger partial charge in [-0.2, -0.15) is 0 Å². The summed E-state index contributed by atoms with van der Waals surface area (Å²) in [6.07, 6.45) is 1.98. The Morgan fingerprint density at radius 1 is 1.35 bits per heavy atom. The first kappa shape index (κ1) is 13.4. The Labute approximate surface area is 101 Å². The molecule has 1 rings (SSSR count). The molecule has 0 radical (unpaired) electrons. The first-order chi connectivity index (χ1) is 8.00. The van der Waals surface area contributed by atoms with Crippen molar-refractivity contribution in [1.29, 1.82) is 0 Å². The van der Waals surface area contributed by atoms with Crippen molar-refractivity contribution in [2.24, 2.45) is 5.92 Å². The van der Waals surface area contributed by atoms with Crippen LogP contribution in [0.4, 0.5) is 0 Å². The molecule has 17 heavy (non-hydrogen) atoms. The van der Waals surface area contributed by atoms with E-state index >= 15 is 0 Å². The van der Waals surface area contributed by atoms with Crippen molar-refractivity contribution in [3.8, 4) is 11.5 Å². The topological polar surface area (TPSA) is 69.6 Å². The molecular formula is C13H19NO3. The lowest BCUT2D eigenvalue weighted by atomic mass is 10.1. The highest BCUT2D eigenvalue weighted by atomic mass is 16.3. The maximum atomic E-state index is 11.7. The van der Waals surface area contributed by atoms with E-state index in [4.69, 9.17) is 5.11 Å². The second-order valence-electron chi connectivity index (χ2n) is 4.49. The molecule has 0 aromatic heterocycles. The van der Waals surface area contributed by atoms with E-state index in [1.54, 1.807) is 0 Å². The number of benzene rings is 1. The monoisotopic (exact) mass is 237 g/mol. The minimum atomic E-state index is -0.314. The average molecular weight is 237 g/mol. The Morgan fingerprint density at radius 3 is 2.65 bits per heavy atom. The summed E-state index contributed by atoms with van der Waals surface area (Å²) in [7, 11) is 0. The van der Waals surface area contributed by atoms with E-state index in [9.17, 15) is 9.90 Å². The van der Waals surface area contributed by atoms with Crippen LogP contribution in [-0.4, -0.2) is 22.7 Å². The molecule has 4 nitrogen and oxygen atoms in total. The van der Waals surface area contributed by atoms with Gasteiger partial charge >= 0.3 is 0 Å². The highest BCUT2D eigenvalue weighted by Crippen LogP contribution is 2.22. The molecule has 0 heterocycles. The van der Waals surface area contributed by atoms with Gasteiger partial charge in [0.1, 0.15) is 11.5 Å². The van der Waals surface area contributed by atoms with Gasteiger partial charge in [0.25, 0.3) is 5.91 Å². The van der Waals surface area contributed by atoms with Gasteiger partial charge in [0.15, 0.2) is 0 Å². The second-order valence-corrected chi connectivity index (χ2v) is 4.49. The molecular weight excluding hydrogens is 218 g/mol. The Balaban J connectivity index is 2.47. The van der Waals surface area contributed by atoms with Crippen molar-refractivity contribution in [3.63, 3.8) is 0 Å². The SMILES string of the molecule is CC(C)CCCNC(=O)c1ccc(O)cc1O. The smallest absolute Gasteiger partial charge is 0.255 e. The van der Waals surface area contributed by atoms with E-state index < -0.39 is 0 Å². The van der Waals surface area contributed by atoms with Crippen molar-refractivity contribution in [2.45, 2.75) is 26.7 Å². The van der Waals surface area contributed by atoms with Crippen LogP contribution in [-0.2, 0) is 0 Å². The normalized spacial score (nSPS) is 10.5. The van der Waals surface area contributed by atoms with Gasteiger partial charge in [-0.05, 0) is 30.9 Å². The van der Waals surface area contributed by atoms with Crippen LogP contribution in [0.1, 0.15) is 37.0 Å². The van der Waals surface area contributed by atoms with Crippen LogP contribution in [0.15, 0.2) is 18.2 Å². The van der Waals surface area contributed by atoms with Crippen LogP contribution in [0.5, 0.6) is 11.5 Å². The highest BCUT2D eigenvalue weighted by molar-refractivity contribution is 5.96. The van der Waals surface area contributed by atoms with Crippen LogP contribution in [0.3, 0.4) is 0 Å². The molecule has 1 aromatic carbocycles. The number of rotatable bonds is 5. The standard InChI is InChI=1S/C13H19NO3/c1-9(2)4-3-7-14-13(17)11-6-5-10(15)8-12(11)16/h5-6,8-9,15-16H,3-4,7H2,1-2H3,(H,14,17). The third-order valence-electron chi connectivity index (χ3n) is 2.47. The summed E-state index contributed by atoms with van der Waals surface area (Å²) in [4.78, 5) is 11.7. The molecule has 0 aliphatic carbocycles. The Bertz CT molecular complexity index is 388. The summed E-state index contributed by atoms with van der Waals surface area (Å²) in [5.74, 6) is 0.0467. The molecule has 0 unspecified atom stereocenters. The zero-order valence-electron chi connectivity index (χ0n) is 10.2. The predicted octanol–water partition coefficient (Wildman–Crippen LogP) is 2.26. The van der Waals surface area contributed by atoms with Crippen molar-refractivity contribution in [1.82, 2.24) is 5.32 Å². The largest absolute Gasteiger partial charge is 0.508 e. The number of phenols is 2. The summed E-state index contributed by atoms with van der Waals surface area (Å²) < 4.78 is 0. The van der Waals surface area contributed by atoms with E-state index in [1.807, 2.05) is 0 Å². The number of nitrogens with one attached hydrogen (secondary N) is 1. The number of amides is 1. The summed E-state index contributed by atoms with van der Waals surface area (Å²) in [5, 5.41) is 21.3. The maximum Gasteiger partial charge on any atom is 0.255 e. The van der Waals surface area contributed by atoms with Gasteiger partial charge in [0.05, 0.1) is 5.56 Å². The van der Waals surface area contributed by atoms with Gasteiger partial charge in [-0.3, -0.25) is 4.79 Å². The molecule has 0 saturated heterocycles. The lowest BCUT2D eigenvalue weighted by Gasteiger charge is -2.08. The van der Waals surface area contributed by atoms with Gasteiger partial charge < -0.3 is 15.5 Å². The number of hydrogen-bond donors (Lipinski definition) is 3. The Morgan fingerprint density at radius 2 is 2.06 bits per heavy atom. The zero-order valence-corrected chi connectivity index (χ0v) is 10.2. The number of carbonyl (C=O) groups is 1. The summed E-state index contributed by atoms with van der Waals surface area (Å²) in [6, 6.07) is 3.94. The van der Waals surface area contributed by atoms with Crippen LogP contribution < -0.4 is 5.32 Å². The van der Waals surface area contributed by atoms with Crippen molar-refractivity contribution >= 4 is 5.91 Å². The van der Waals surface area contributed by atoms with Gasteiger partial charge in [-0.25, -0.2) is 0 Å². The van der Waals surface area contributed by atoms with Crippen molar-refractivity contribution in [2.75, 3.05) is 6.54 Å². The van der Waals surface area contributed by atoms with Gasteiger partial charge in [0, 0.05) is 12.6 Å².